The first-order valence-electron chi connectivity index (χ1n) is 7.18. The zero-order valence-corrected chi connectivity index (χ0v) is 12.4. The van der Waals surface area contributed by atoms with E-state index in [1.54, 1.807) is 19.5 Å². The highest BCUT2D eigenvalue weighted by Gasteiger charge is 2.41. The van der Waals surface area contributed by atoms with Crippen LogP contribution in [0, 0.1) is 11.3 Å². The van der Waals surface area contributed by atoms with Gasteiger partial charge in [0.05, 0.1) is 13.2 Å². The summed E-state index contributed by atoms with van der Waals surface area (Å²) in [6, 6.07) is 0.228. The van der Waals surface area contributed by atoms with Crippen LogP contribution in [-0.4, -0.2) is 23.6 Å². The third-order valence-electron chi connectivity index (χ3n) is 4.35. The van der Waals surface area contributed by atoms with Gasteiger partial charge in [0.25, 0.3) is 0 Å². The molecule has 0 radical (unpaired) electrons. The van der Waals surface area contributed by atoms with Crippen LogP contribution in [0.1, 0.15) is 51.8 Å². The smallest absolute Gasteiger partial charge is 0.237 e. The van der Waals surface area contributed by atoms with E-state index in [0.29, 0.717) is 17.2 Å². The molecule has 1 fully saturated rings. The zero-order chi connectivity index (χ0) is 13.9. The molecule has 0 bridgehead atoms. The monoisotopic (exact) mass is 263 g/mol. The number of hydrogen-bond acceptors (Lipinski definition) is 4. The largest absolute Gasteiger partial charge is 0.480 e. The lowest BCUT2D eigenvalue weighted by atomic mass is 9.76. The summed E-state index contributed by atoms with van der Waals surface area (Å²) in [5.41, 5.74) is 1.29. The minimum Gasteiger partial charge on any atom is -0.480 e. The fraction of sp³-hybridized carbons (Fsp3) is 0.733. The maximum atomic E-state index is 5.39. The van der Waals surface area contributed by atoms with E-state index < -0.39 is 0 Å². The number of hydrogen-bond donors (Lipinski definition) is 1. The zero-order valence-electron chi connectivity index (χ0n) is 12.4. The maximum absolute atomic E-state index is 5.39. The molecule has 0 amide bonds. The van der Waals surface area contributed by atoms with E-state index in [1.807, 2.05) is 0 Å². The fourth-order valence-corrected chi connectivity index (χ4v) is 3.33. The molecule has 2 unspecified atom stereocenters. The first kappa shape index (κ1) is 14.3. The summed E-state index contributed by atoms with van der Waals surface area (Å²) < 4.78 is 5.39. The van der Waals surface area contributed by atoms with E-state index in [4.69, 9.17) is 4.74 Å². The normalized spacial score (nSPS) is 23.3. The van der Waals surface area contributed by atoms with E-state index >= 15 is 0 Å². The van der Waals surface area contributed by atoms with Crippen molar-refractivity contribution < 1.29 is 4.74 Å². The highest BCUT2D eigenvalue weighted by Crippen LogP contribution is 2.49. The topological polar surface area (TPSA) is 47.0 Å². The summed E-state index contributed by atoms with van der Waals surface area (Å²) in [7, 11) is 1.66. The average molecular weight is 263 g/mol. The van der Waals surface area contributed by atoms with Crippen LogP contribution in [0.5, 0.6) is 5.88 Å². The number of nitrogens with zero attached hydrogens (tertiary/aromatic N) is 2. The summed E-state index contributed by atoms with van der Waals surface area (Å²) >= 11 is 0. The molecule has 1 aliphatic carbocycles. The Balaban J connectivity index is 2.34. The highest BCUT2D eigenvalue weighted by atomic mass is 16.5. The summed E-state index contributed by atoms with van der Waals surface area (Å²) in [4.78, 5) is 8.82. The van der Waals surface area contributed by atoms with E-state index in [1.165, 1.54) is 19.3 Å². The number of nitrogens with one attached hydrogen (secondary N) is 1. The number of ether oxygens (including phenoxy) is 1. The molecular formula is C15H25N3O. The van der Waals surface area contributed by atoms with Crippen molar-refractivity contribution in [2.75, 3.05) is 13.7 Å². The van der Waals surface area contributed by atoms with Crippen LogP contribution in [0.15, 0.2) is 12.4 Å². The molecule has 0 spiro atoms. The predicted octanol–water partition coefficient (Wildman–Crippen LogP) is 2.96. The van der Waals surface area contributed by atoms with Crippen LogP contribution >= 0.6 is 0 Å². The fourth-order valence-electron chi connectivity index (χ4n) is 3.33. The van der Waals surface area contributed by atoms with Crippen molar-refractivity contribution >= 4 is 0 Å². The first-order chi connectivity index (χ1) is 9.10. The van der Waals surface area contributed by atoms with Gasteiger partial charge in [0.15, 0.2) is 0 Å². The molecule has 2 rings (SSSR count). The molecule has 106 valence electrons. The Morgan fingerprint density at radius 1 is 1.42 bits per heavy atom. The molecule has 1 heterocycles. The Hall–Kier alpha value is -1.16. The SMILES string of the molecule is CCNC(c1nccnc1OC)C1CCCC1(C)C. The van der Waals surface area contributed by atoms with Crippen molar-refractivity contribution in [2.24, 2.45) is 11.3 Å². The second-order valence-corrected chi connectivity index (χ2v) is 5.97. The highest BCUT2D eigenvalue weighted by molar-refractivity contribution is 5.23. The van der Waals surface area contributed by atoms with Crippen molar-refractivity contribution in [3.8, 4) is 5.88 Å². The molecule has 1 N–H and O–H groups in total. The van der Waals surface area contributed by atoms with E-state index in [-0.39, 0.29) is 6.04 Å². The summed E-state index contributed by atoms with van der Waals surface area (Å²) in [6.45, 7) is 7.78. The molecule has 2 atom stereocenters. The molecule has 0 aromatic carbocycles. The quantitative estimate of drug-likeness (QED) is 0.887. The van der Waals surface area contributed by atoms with Gasteiger partial charge >= 0.3 is 0 Å². The molecule has 1 aromatic heterocycles. The molecule has 4 nitrogen and oxygen atoms in total. The molecule has 19 heavy (non-hydrogen) atoms. The second kappa shape index (κ2) is 5.87. The Morgan fingerprint density at radius 3 is 2.74 bits per heavy atom. The average Bonchev–Trinajstić information content (AvgIpc) is 2.75. The third-order valence-corrected chi connectivity index (χ3v) is 4.35. The van der Waals surface area contributed by atoms with Crippen LogP contribution < -0.4 is 10.1 Å². The van der Waals surface area contributed by atoms with E-state index in [2.05, 4.69) is 36.1 Å². The summed E-state index contributed by atoms with van der Waals surface area (Å²) in [6.07, 6.45) is 7.25. The van der Waals surface area contributed by atoms with E-state index in [9.17, 15) is 0 Å². The maximum Gasteiger partial charge on any atom is 0.237 e. The van der Waals surface area contributed by atoms with Crippen LogP contribution in [0.3, 0.4) is 0 Å². The second-order valence-electron chi connectivity index (χ2n) is 5.97. The van der Waals surface area contributed by atoms with Crippen molar-refractivity contribution in [3.05, 3.63) is 18.1 Å². The molecule has 4 heteroatoms. The molecule has 0 aliphatic heterocycles. The van der Waals surface area contributed by atoms with E-state index in [0.717, 1.165) is 12.2 Å². The van der Waals surface area contributed by atoms with Gasteiger partial charge in [-0.2, -0.15) is 0 Å². The standard InChI is InChI=1S/C15H25N3O/c1-5-16-12(11-7-6-8-15(11,2)3)13-14(19-4)18-10-9-17-13/h9-12,16H,5-8H2,1-4H3. The first-order valence-corrected chi connectivity index (χ1v) is 7.18. The predicted molar refractivity (Wildman–Crippen MR) is 76.1 cm³/mol. The van der Waals surface area contributed by atoms with Gasteiger partial charge in [-0.15, -0.1) is 0 Å². The van der Waals surface area contributed by atoms with Gasteiger partial charge < -0.3 is 10.1 Å². The molecule has 0 saturated heterocycles. The minimum atomic E-state index is 0.228. The van der Waals surface area contributed by atoms with Crippen molar-refractivity contribution in [3.63, 3.8) is 0 Å². The summed E-state index contributed by atoms with van der Waals surface area (Å²) in [5, 5.41) is 3.59. The van der Waals surface area contributed by atoms with Crippen LogP contribution in [0.25, 0.3) is 0 Å². The van der Waals surface area contributed by atoms with Gasteiger partial charge in [-0.1, -0.05) is 27.2 Å². The Kier molecular flexibility index (Phi) is 4.40. The van der Waals surface area contributed by atoms with Gasteiger partial charge in [0.2, 0.25) is 5.88 Å². The summed E-state index contributed by atoms with van der Waals surface area (Å²) in [5.74, 6) is 1.23. The molecule has 1 aliphatic rings. The molecule has 1 saturated carbocycles. The van der Waals surface area contributed by atoms with Crippen LogP contribution in [0.2, 0.25) is 0 Å². The Bertz CT molecular complexity index is 420. The lowest BCUT2D eigenvalue weighted by Gasteiger charge is -2.34. The van der Waals surface area contributed by atoms with Gasteiger partial charge in [0.1, 0.15) is 5.69 Å². The number of methoxy groups -OCH3 is 1. The van der Waals surface area contributed by atoms with Gasteiger partial charge in [-0.3, -0.25) is 4.98 Å². The lowest BCUT2D eigenvalue weighted by molar-refractivity contribution is 0.192. The van der Waals surface area contributed by atoms with Crippen molar-refractivity contribution in [1.29, 1.82) is 0 Å². The molecular weight excluding hydrogens is 238 g/mol. The number of rotatable bonds is 5. The lowest BCUT2D eigenvalue weighted by Crippen LogP contribution is -2.34. The minimum absolute atomic E-state index is 0.228. The van der Waals surface area contributed by atoms with Crippen LogP contribution in [0.4, 0.5) is 0 Å². The van der Waals surface area contributed by atoms with Crippen molar-refractivity contribution in [2.45, 2.75) is 46.1 Å². The Morgan fingerprint density at radius 2 is 2.16 bits per heavy atom. The van der Waals surface area contributed by atoms with Crippen molar-refractivity contribution in [1.82, 2.24) is 15.3 Å². The van der Waals surface area contributed by atoms with Gasteiger partial charge in [-0.05, 0) is 30.7 Å². The van der Waals surface area contributed by atoms with Crippen LogP contribution in [-0.2, 0) is 0 Å². The van der Waals surface area contributed by atoms with Gasteiger partial charge in [-0.25, -0.2) is 4.98 Å². The molecule has 1 aromatic rings. The van der Waals surface area contributed by atoms with Gasteiger partial charge in [0, 0.05) is 12.4 Å². The number of aromatic nitrogens is 2. The third kappa shape index (κ3) is 2.89. The Labute approximate surface area is 116 Å².